The molecule has 0 saturated heterocycles. The normalized spacial score (nSPS) is 11.9. The molecule has 4 aromatic carbocycles. The number of benzene rings is 4. The van der Waals surface area contributed by atoms with Crippen molar-refractivity contribution in [1.29, 1.82) is 5.26 Å². The van der Waals surface area contributed by atoms with Crippen LogP contribution < -0.4 is 29.2 Å². The smallest absolute Gasteiger partial charge is 0.419 e. The number of phenolic OH excluding ortho intramolecular Hbond substituents is 2. The number of phenols is 2. The van der Waals surface area contributed by atoms with Crippen LogP contribution in [0.4, 0.5) is 43.8 Å². The van der Waals surface area contributed by atoms with E-state index in [0.717, 1.165) is 12.8 Å². The van der Waals surface area contributed by atoms with Crippen LogP contribution in [0.15, 0.2) is 70.9 Å². The summed E-state index contributed by atoms with van der Waals surface area (Å²) in [4.78, 5) is 39.9. The van der Waals surface area contributed by atoms with Gasteiger partial charge < -0.3 is 29.2 Å². The summed E-state index contributed by atoms with van der Waals surface area (Å²) in [6.45, 7) is 10.8. The highest BCUT2D eigenvalue weighted by Crippen LogP contribution is 2.40. The Hall–Kier alpha value is -6.59. The van der Waals surface area contributed by atoms with E-state index in [9.17, 15) is 34.1 Å². The number of carbonyl (C=O) groups excluding carboxylic acids is 3. The van der Waals surface area contributed by atoms with Gasteiger partial charge in [0.1, 0.15) is 23.1 Å². The summed E-state index contributed by atoms with van der Waals surface area (Å²) < 4.78 is 33.4. The van der Waals surface area contributed by atoms with Crippen molar-refractivity contribution in [3.8, 4) is 34.8 Å². The van der Waals surface area contributed by atoms with Gasteiger partial charge in [0.25, 0.3) is 0 Å². The SMILES string of the molecule is CCCCC(CC)C(=O)Nc1cc(OC(=O)N(CC)c2cccc(NS(=O)Oc3cc(Cl)c(-n4nc(C)c(C#N)c4N=Nc4cc(Cl)c(O)c(NC(=O)OCC)c4)cc3Cl)c2)cc(C)c1O. The summed E-state index contributed by atoms with van der Waals surface area (Å²) in [5.74, 6) is -1.08. The number of aromatic nitrogens is 2. The van der Waals surface area contributed by atoms with Crippen molar-refractivity contribution >= 4 is 98.4 Å². The number of azo groups is 1. The average molecular weight is 983 g/mol. The van der Waals surface area contributed by atoms with Crippen LogP contribution in [-0.4, -0.2) is 55.4 Å². The van der Waals surface area contributed by atoms with E-state index in [-0.39, 0.29) is 97.1 Å². The van der Waals surface area contributed by atoms with E-state index in [1.807, 2.05) is 19.9 Å². The lowest BCUT2D eigenvalue weighted by molar-refractivity contribution is -0.120. The zero-order valence-electron chi connectivity index (χ0n) is 36.6. The van der Waals surface area contributed by atoms with Gasteiger partial charge in [-0.3, -0.25) is 19.7 Å². The Morgan fingerprint density at radius 1 is 0.939 bits per heavy atom. The van der Waals surface area contributed by atoms with E-state index in [0.29, 0.717) is 29.8 Å². The molecule has 0 saturated carbocycles. The molecule has 2 unspecified atom stereocenters. The van der Waals surface area contributed by atoms with E-state index in [2.05, 4.69) is 30.7 Å². The number of ether oxygens (including phenoxy) is 2. The van der Waals surface area contributed by atoms with Crippen LogP contribution in [0.2, 0.25) is 15.1 Å². The number of carbonyl (C=O) groups is 3. The Balaban J connectivity index is 1.31. The number of aromatic hydroxyl groups is 2. The highest BCUT2D eigenvalue weighted by molar-refractivity contribution is 7.82. The Morgan fingerprint density at radius 3 is 2.36 bits per heavy atom. The molecule has 348 valence electrons. The molecule has 0 radical (unpaired) electrons. The maximum Gasteiger partial charge on any atom is 0.419 e. The Bertz CT molecular complexity index is 2730. The van der Waals surface area contributed by atoms with Gasteiger partial charge in [0.05, 0.1) is 55.8 Å². The average Bonchev–Trinajstić information content (AvgIpc) is 3.59. The van der Waals surface area contributed by atoms with E-state index in [4.69, 9.17) is 48.5 Å². The number of nitrogens with zero attached hydrogens (tertiary/aromatic N) is 6. The number of hydrogen-bond acceptors (Lipinski definition) is 13. The van der Waals surface area contributed by atoms with Gasteiger partial charge >= 0.3 is 23.5 Å². The second kappa shape index (κ2) is 23.0. The van der Waals surface area contributed by atoms with Crippen LogP contribution >= 0.6 is 34.8 Å². The second-order valence-corrected chi connectivity index (χ2v) is 16.4. The van der Waals surface area contributed by atoms with Crippen LogP contribution in [0.3, 0.4) is 0 Å². The van der Waals surface area contributed by atoms with E-state index < -0.39 is 29.2 Å². The molecule has 18 nitrogen and oxygen atoms in total. The molecule has 0 spiro atoms. The lowest BCUT2D eigenvalue weighted by Crippen LogP contribution is -2.33. The number of nitriles is 1. The van der Waals surface area contributed by atoms with Crippen molar-refractivity contribution in [3.63, 3.8) is 0 Å². The predicted molar refractivity (Wildman–Crippen MR) is 254 cm³/mol. The van der Waals surface area contributed by atoms with Crippen molar-refractivity contribution in [2.45, 2.75) is 67.2 Å². The van der Waals surface area contributed by atoms with Gasteiger partial charge in [-0.1, -0.05) is 67.6 Å². The van der Waals surface area contributed by atoms with E-state index >= 15 is 0 Å². The Kier molecular flexibility index (Phi) is 17.6. The Morgan fingerprint density at radius 2 is 1.68 bits per heavy atom. The quantitative estimate of drug-likeness (QED) is 0.0408. The number of aryl methyl sites for hydroxylation is 2. The zero-order chi connectivity index (χ0) is 48.2. The molecule has 0 fully saturated rings. The first kappa shape index (κ1) is 50.4. The molecule has 0 aliphatic rings. The molecule has 3 amide bonds. The van der Waals surface area contributed by atoms with Gasteiger partial charge in [-0.15, -0.1) is 10.2 Å². The number of hydrogen-bond donors (Lipinski definition) is 5. The number of amides is 3. The van der Waals surface area contributed by atoms with Gasteiger partial charge in [0.15, 0.2) is 17.3 Å². The molecular formula is C44H46Cl3N9O9S. The minimum absolute atomic E-state index is 0.00186. The number of anilines is 4. The number of unbranched alkanes of at least 4 members (excludes halogenated alkanes) is 1. The van der Waals surface area contributed by atoms with Gasteiger partial charge in [-0.25, -0.2) is 14.3 Å². The summed E-state index contributed by atoms with van der Waals surface area (Å²) >= 11 is 17.2. The van der Waals surface area contributed by atoms with Gasteiger partial charge in [0.2, 0.25) is 5.91 Å². The highest BCUT2D eigenvalue weighted by atomic mass is 35.5. The van der Waals surface area contributed by atoms with E-state index in [1.54, 1.807) is 52.0 Å². The van der Waals surface area contributed by atoms with Crippen molar-refractivity contribution in [3.05, 3.63) is 92.6 Å². The monoisotopic (exact) mass is 981 g/mol. The van der Waals surface area contributed by atoms with Crippen LogP contribution in [0.25, 0.3) is 5.69 Å². The van der Waals surface area contributed by atoms with Crippen LogP contribution in [0, 0.1) is 31.1 Å². The first-order valence-corrected chi connectivity index (χ1v) is 22.7. The number of nitrogens with one attached hydrogen (secondary N) is 3. The molecule has 1 aromatic heterocycles. The summed E-state index contributed by atoms with van der Waals surface area (Å²) in [6, 6.07) is 16.5. The van der Waals surface area contributed by atoms with Gasteiger partial charge in [0, 0.05) is 30.3 Å². The van der Waals surface area contributed by atoms with Crippen molar-refractivity contribution in [2.75, 3.05) is 33.4 Å². The van der Waals surface area contributed by atoms with Crippen LogP contribution in [0.5, 0.6) is 23.0 Å². The first-order valence-electron chi connectivity index (χ1n) is 20.5. The molecule has 66 heavy (non-hydrogen) atoms. The molecule has 1 heterocycles. The molecule has 0 aliphatic heterocycles. The lowest BCUT2D eigenvalue weighted by atomic mass is 9.98. The minimum Gasteiger partial charge on any atom is -0.505 e. The molecule has 5 N–H and O–H groups in total. The molecule has 0 aliphatic carbocycles. The summed E-state index contributed by atoms with van der Waals surface area (Å²) in [6.07, 6.45) is 1.58. The topological polar surface area (TPSA) is 242 Å². The third kappa shape index (κ3) is 12.4. The molecule has 5 rings (SSSR count). The highest BCUT2D eigenvalue weighted by Gasteiger charge is 2.24. The number of rotatable bonds is 18. The number of halogens is 3. The largest absolute Gasteiger partial charge is 0.505 e. The molecule has 2 atom stereocenters. The second-order valence-electron chi connectivity index (χ2n) is 14.4. The standard InChI is InChI=1S/C44H46Cl3N9O9S/c1-7-11-13-26(8-2)42(59)49-36-20-30(16-24(5)39(36)57)64-44(61)55(9-3)29-15-12-14-27(17-29)54-66(62)65-38-22-32(45)37(21-33(38)46)56-41(31(23-48)25(6)53-56)52-51-28-18-34(47)40(58)35(19-28)50-43(60)63-10-4/h12,14-22,26,54,57-58H,7-11,13H2,1-6H3,(H,49,59)(H,50,60). The maximum atomic E-state index is 13.5. The van der Waals surface area contributed by atoms with Gasteiger partial charge in [-0.05, 0) is 88.6 Å². The predicted octanol–water partition coefficient (Wildman–Crippen LogP) is 12.0. The van der Waals surface area contributed by atoms with Crippen LogP contribution in [0.1, 0.15) is 70.2 Å². The molecule has 5 aromatic rings. The molecule has 22 heteroatoms. The van der Waals surface area contributed by atoms with Gasteiger partial charge in [-0.2, -0.15) is 14.6 Å². The van der Waals surface area contributed by atoms with Crippen LogP contribution in [-0.2, 0) is 20.8 Å². The first-order chi connectivity index (χ1) is 31.5. The molecule has 0 bridgehead atoms. The summed E-state index contributed by atoms with van der Waals surface area (Å²) in [7, 11) is 0. The fourth-order valence-corrected chi connectivity index (χ4v) is 7.74. The van der Waals surface area contributed by atoms with E-state index in [1.165, 1.54) is 46.0 Å². The summed E-state index contributed by atoms with van der Waals surface area (Å²) in [5, 5.41) is 48.8. The minimum atomic E-state index is -2.26. The fourth-order valence-electron chi connectivity index (χ4n) is 6.39. The fraction of sp³-hybridized carbons (Fsp3) is 0.295. The van der Waals surface area contributed by atoms with Crippen molar-refractivity contribution in [1.82, 2.24) is 9.78 Å². The maximum absolute atomic E-state index is 13.5. The third-order valence-corrected chi connectivity index (χ3v) is 11.4. The molecular weight excluding hydrogens is 937 g/mol. The summed E-state index contributed by atoms with van der Waals surface area (Å²) in [5.41, 5.74) is 1.62. The lowest BCUT2D eigenvalue weighted by Gasteiger charge is -2.22. The Labute approximate surface area is 398 Å². The third-order valence-electron chi connectivity index (χ3n) is 9.77. The van der Waals surface area contributed by atoms with Crippen molar-refractivity contribution in [2.24, 2.45) is 16.1 Å². The van der Waals surface area contributed by atoms with Crippen molar-refractivity contribution < 1.29 is 42.5 Å². The zero-order valence-corrected chi connectivity index (χ0v) is 39.7.